The van der Waals surface area contributed by atoms with Gasteiger partial charge in [-0.25, -0.2) is 9.97 Å². The van der Waals surface area contributed by atoms with E-state index >= 15 is 0 Å². The fourth-order valence-electron chi connectivity index (χ4n) is 1.42. The molecular formula is C10H15N3O. The Bertz CT molecular complexity index is 336. The highest BCUT2D eigenvalue weighted by atomic mass is 16.3. The van der Waals surface area contributed by atoms with Gasteiger partial charge in [0.05, 0.1) is 11.9 Å². The summed E-state index contributed by atoms with van der Waals surface area (Å²) in [6, 6.07) is 0. The van der Waals surface area contributed by atoms with Crippen molar-refractivity contribution < 1.29 is 5.11 Å². The SMILES string of the molecule is CC(CN)c1nc(C2CC2)ncc1O. The molecule has 0 bridgehead atoms. The zero-order valence-electron chi connectivity index (χ0n) is 8.27. The number of aromatic hydroxyl groups is 1. The number of nitrogens with two attached hydrogens (primary N) is 1. The van der Waals surface area contributed by atoms with Crippen LogP contribution in [0.5, 0.6) is 5.75 Å². The first-order chi connectivity index (χ1) is 6.72. The van der Waals surface area contributed by atoms with Crippen LogP contribution in [0.3, 0.4) is 0 Å². The van der Waals surface area contributed by atoms with Crippen LogP contribution in [0.25, 0.3) is 0 Å². The largest absolute Gasteiger partial charge is 0.504 e. The van der Waals surface area contributed by atoms with E-state index in [9.17, 15) is 5.11 Å². The molecule has 0 saturated heterocycles. The minimum absolute atomic E-state index is 0.0931. The highest BCUT2D eigenvalue weighted by Gasteiger charge is 2.27. The van der Waals surface area contributed by atoms with E-state index in [1.165, 1.54) is 19.0 Å². The minimum atomic E-state index is 0.0931. The molecule has 1 aliphatic carbocycles. The van der Waals surface area contributed by atoms with Gasteiger partial charge in [-0.1, -0.05) is 6.92 Å². The Morgan fingerprint density at radius 2 is 2.36 bits per heavy atom. The fraction of sp³-hybridized carbons (Fsp3) is 0.600. The third kappa shape index (κ3) is 1.70. The van der Waals surface area contributed by atoms with Crippen LogP contribution < -0.4 is 5.73 Å². The van der Waals surface area contributed by atoms with Crippen LogP contribution in [0.2, 0.25) is 0 Å². The summed E-state index contributed by atoms with van der Waals surface area (Å²) in [4.78, 5) is 8.48. The molecule has 0 aromatic carbocycles. The summed E-state index contributed by atoms with van der Waals surface area (Å²) >= 11 is 0. The van der Waals surface area contributed by atoms with E-state index in [1.54, 1.807) is 0 Å². The Morgan fingerprint density at radius 1 is 1.64 bits per heavy atom. The Hall–Kier alpha value is -1.16. The highest BCUT2D eigenvalue weighted by Crippen LogP contribution is 2.38. The maximum atomic E-state index is 9.56. The van der Waals surface area contributed by atoms with E-state index in [0.29, 0.717) is 18.2 Å². The molecule has 0 aliphatic heterocycles. The molecule has 14 heavy (non-hydrogen) atoms. The predicted molar refractivity (Wildman–Crippen MR) is 53.1 cm³/mol. The first-order valence-corrected chi connectivity index (χ1v) is 4.98. The second kappa shape index (κ2) is 3.53. The van der Waals surface area contributed by atoms with Crippen LogP contribution in [0, 0.1) is 0 Å². The average Bonchev–Trinajstić information content (AvgIpc) is 3.01. The molecule has 0 amide bonds. The summed E-state index contributed by atoms with van der Waals surface area (Å²) in [6.45, 7) is 2.45. The van der Waals surface area contributed by atoms with Crippen molar-refractivity contribution in [2.45, 2.75) is 31.6 Å². The van der Waals surface area contributed by atoms with Crippen LogP contribution in [0.4, 0.5) is 0 Å². The van der Waals surface area contributed by atoms with Gasteiger partial charge in [-0.3, -0.25) is 0 Å². The molecule has 1 saturated carbocycles. The summed E-state index contributed by atoms with van der Waals surface area (Å²) in [7, 11) is 0. The van der Waals surface area contributed by atoms with Crippen molar-refractivity contribution in [1.82, 2.24) is 9.97 Å². The van der Waals surface area contributed by atoms with Gasteiger partial charge < -0.3 is 10.8 Å². The molecule has 3 N–H and O–H groups in total. The van der Waals surface area contributed by atoms with E-state index in [4.69, 9.17) is 5.73 Å². The van der Waals surface area contributed by atoms with Gasteiger partial charge in [-0.2, -0.15) is 0 Å². The Balaban J connectivity index is 2.31. The van der Waals surface area contributed by atoms with E-state index in [0.717, 1.165) is 5.82 Å². The second-order valence-electron chi connectivity index (χ2n) is 3.91. The second-order valence-corrected chi connectivity index (χ2v) is 3.91. The lowest BCUT2D eigenvalue weighted by Crippen LogP contribution is -2.12. The van der Waals surface area contributed by atoms with Crippen molar-refractivity contribution in [3.63, 3.8) is 0 Å². The van der Waals surface area contributed by atoms with Gasteiger partial charge >= 0.3 is 0 Å². The van der Waals surface area contributed by atoms with E-state index in [1.807, 2.05) is 6.92 Å². The van der Waals surface area contributed by atoms with Crippen molar-refractivity contribution in [2.24, 2.45) is 5.73 Å². The van der Waals surface area contributed by atoms with Crippen LogP contribution in [0.1, 0.15) is 43.1 Å². The number of nitrogens with zero attached hydrogens (tertiary/aromatic N) is 2. The van der Waals surface area contributed by atoms with Crippen molar-refractivity contribution in [3.8, 4) is 5.75 Å². The van der Waals surface area contributed by atoms with Gasteiger partial charge in [0.25, 0.3) is 0 Å². The molecule has 1 fully saturated rings. The average molecular weight is 193 g/mol. The van der Waals surface area contributed by atoms with Gasteiger partial charge in [0.1, 0.15) is 5.82 Å². The molecule has 76 valence electrons. The molecule has 4 nitrogen and oxygen atoms in total. The van der Waals surface area contributed by atoms with Gasteiger partial charge in [0.2, 0.25) is 0 Å². The standard InChI is InChI=1S/C10H15N3O/c1-6(4-11)9-8(14)5-12-10(13-9)7-2-3-7/h5-7,14H,2-4,11H2,1H3. The van der Waals surface area contributed by atoms with Crippen molar-refractivity contribution in [3.05, 3.63) is 17.7 Å². The zero-order chi connectivity index (χ0) is 10.1. The smallest absolute Gasteiger partial charge is 0.155 e. The van der Waals surface area contributed by atoms with E-state index < -0.39 is 0 Å². The van der Waals surface area contributed by atoms with Gasteiger partial charge in [-0.05, 0) is 12.8 Å². The molecule has 2 rings (SSSR count). The third-order valence-corrected chi connectivity index (χ3v) is 2.58. The van der Waals surface area contributed by atoms with Crippen LogP contribution >= 0.6 is 0 Å². The first-order valence-electron chi connectivity index (χ1n) is 4.98. The fourth-order valence-corrected chi connectivity index (χ4v) is 1.42. The molecule has 1 aromatic rings. The molecular weight excluding hydrogens is 178 g/mol. The number of hydrogen-bond acceptors (Lipinski definition) is 4. The summed E-state index contributed by atoms with van der Waals surface area (Å²) in [5.74, 6) is 1.63. The Kier molecular flexibility index (Phi) is 2.37. The summed E-state index contributed by atoms with van der Waals surface area (Å²) in [6.07, 6.45) is 3.82. The molecule has 1 heterocycles. The summed E-state index contributed by atoms with van der Waals surface area (Å²) in [5, 5.41) is 9.56. The molecule has 0 radical (unpaired) electrons. The maximum Gasteiger partial charge on any atom is 0.155 e. The topological polar surface area (TPSA) is 72.0 Å². The van der Waals surface area contributed by atoms with Gasteiger partial charge in [0.15, 0.2) is 5.75 Å². The lowest BCUT2D eigenvalue weighted by Gasteiger charge is -2.10. The zero-order valence-corrected chi connectivity index (χ0v) is 8.27. The number of aromatic nitrogens is 2. The normalized spacial score (nSPS) is 18.1. The third-order valence-electron chi connectivity index (χ3n) is 2.58. The molecule has 1 atom stereocenters. The minimum Gasteiger partial charge on any atom is -0.504 e. The predicted octanol–water partition coefficient (Wildman–Crippen LogP) is 1.12. The quantitative estimate of drug-likeness (QED) is 0.754. The van der Waals surface area contributed by atoms with Crippen molar-refractivity contribution >= 4 is 0 Å². The van der Waals surface area contributed by atoms with Crippen molar-refractivity contribution in [1.29, 1.82) is 0 Å². The van der Waals surface area contributed by atoms with Gasteiger partial charge in [0, 0.05) is 18.4 Å². The Morgan fingerprint density at radius 3 is 2.93 bits per heavy atom. The molecule has 1 unspecified atom stereocenters. The summed E-state index contributed by atoms with van der Waals surface area (Å²) in [5.41, 5.74) is 6.23. The number of hydrogen-bond donors (Lipinski definition) is 2. The van der Waals surface area contributed by atoms with Crippen LogP contribution in [0.15, 0.2) is 6.20 Å². The van der Waals surface area contributed by atoms with E-state index in [2.05, 4.69) is 9.97 Å². The van der Waals surface area contributed by atoms with Crippen LogP contribution in [-0.2, 0) is 0 Å². The van der Waals surface area contributed by atoms with Crippen LogP contribution in [-0.4, -0.2) is 21.6 Å². The van der Waals surface area contributed by atoms with Gasteiger partial charge in [-0.15, -0.1) is 0 Å². The number of rotatable bonds is 3. The monoisotopic (exact) mass is 193 g/mol. The molecule has 0 spiro atoms. The first kappa shape index (κ1) is 9.40. The molecule has 4 heteroatoms. The molecule has 1 aliphatic rings. The maximum absolute atomic E-state index is 9.56. The highest BCUT2D eigenvalue weighted by molar-refractivity contribution is 5.27. The summed E-state index contributed by atoms with van der Waals surface area (Å²) < 4.78 is 0. The lowest BCUT2D eigenvalue weighted by atomic mass is 10.1. The Labute approximate surface area is 83.2 Å². The van der Waals surface area contributed by atoms with Crippen molar-refractivity contribution in [2.75, 3.05) is 6.54 Å². The van der Waals surface area contributed by atoms with E-state index in [-0.39, 0.29) is 11.7 Å². The lowest BCUT2D eigenvalue weighted by molar-refractivity contribution is 0.453. The molecule has 1 aromatic heterocycles.